The second-order valence-electron chi connectivity index (χ2n) is 3.74. The first-order valence-electron chi connectivity index (χ1n) is 5.12. The van der Waals surface area contributed by atoms with Crippen LogP contribution in [0.1, 0.15) is 35.7 Å². The molecule has 1 rings (SSSR count). The number of carbonyl (C=O) groups excluding carboxylic acids is 1. The van der Waals surface area contributed by atoms with Crippen molar-refractivity contribution in [1.29, 1.82) is 0 Å². The van der Waals surface area contributed by atoms with Crippen LogP contribution in [-0.2, 0) is 0 Å². The Hall–Kier alpha value is -1.22. The maximum Gasteiger partial charge on any atom is 0.182 e. The van der Waals surface area contributed by atoms with E-state index in [1.54, 1.807) is 12.1 Å². The van der Waals surface area contributed by atoms with E-state index in [0.29, 0.717) is 6.42 Å². The molecule has 82 valence electrons. The predicted octanol–water partition coefficient (Wildman–Crippen LogP) is 2.44. The first-order chi connectivity index (χ1) is 7.06. The van der Waals surface area contributed by atoms with Gasteiger partial charge in [0.1, 0.15) is 5.82 Å². The summed E-state index contributed by atoms with van der Waals surface area (Å²) >= 11 is 0. The lowest BCUT2D eigenvalue weighted by molar-refractivity contribution is 0.0952. The molecule has 0 spiro atoms. The van der Waals surface area contributed by atoms with Gasteiger partial charge < -0.3 is 5.73 Å². The van der Waals surface area contributed by atoms with Crippen LogP contribution in [0.3, 0.4) is 0 Å². The highest BCUT2D eigenvalue weighted by atomic mass is 19.1. The molecule has 0 saturated heterocycles. The summed E-state index contributed by atoms with van der Waals surface area (Å²) in [6.45, 7) is 3.77. The van der Waals surface area contributed by atoms with Crippen LogP contribution in [0.2, 0.25) is 0 Å². The Balaban J connectivity index is 2.95. The van der Waals surface area contributed by atoms with Crippen molar-refractivity contribution in [2.24, 2.45) is 5.73 Å². The molecule has 0 saturated carbocycles. The smallest absolute Gasteiger partial charge is 0.182 e. The fourth-order valence-electron chi connectivity index (χ4n) is 1.47. The number of nitrogens with two attached hydrogens (primary N) is 1. The summed E-state index contributed by atoms with van der Waals surface area (Å²) in [5.41, 5.74) is 6.63. The van der Waals surface area contributed by atoms with E-state index >= 15 is 0 Å². The summed E-state index contributed by atoms with van der Waals surface area (Å²) in [5.74, 6) is -0.796. The van der Waals surface area contributed by atoms with Gasteiger partial charge in [-0.2, -0.15) is 0 Å². The minimum absolute atomic E-state index is 0.107. The number of rotatable bonds is 4. The van der Waals surface area contributed by atoms with Crippen molar-refractivity contribution in [3.63, 3.8) is 0 Å². The van der Waals surface area contributed by atoms with E-state index in [4.69, 9.17) is 5.73 Å². The fourth-order valence-corrected chi connectivity index (χ4v) is 1.47. The molecule has 0 aliphatic heterocycles. The van der Waals surface area contributed by atoms with Gasteiger partial charge in [0, 0.05) is 0 Å². The second-order valence-corrected chi connectivity index (χ2v) is 3.74. The minimum atomic E-state index is -0.591. The second kappa shape index (κ2) is 5.03. The van der Waals surface area contributed by atoms with E-state index in [2.05, 4.69) is 0 Å². The first kappa shape index (κ1) is 11.9. The Labute approximate surface area is 89.3 Å². The Morgan fingerprint density at radius 1 is 1.53 bits per heavy atom. The lowest BCUT2D eigenvalue weighted by atomic mass is 9.99. The van der Waals surface area contributed by atoms with Crippen molar-refractivity contribution >= 4 is 5.78 Å². The number of hydrogen-bond acceptors (Lipinski definition) is 2. The topological polar surface area (TPSA) is 43.1 Å². The highest BCUT2D eigenvalue weighted by Gasteiger charge is 2.18. The number of carbonyl (C=O) groups is 1. The zero-order chi connectivity index (χ0) is 11.4. The normalized spacial score (nSPS) is 12.5. The van der Waals surface area contributed by atoms with Crippen molar-refractivity contribution in [3.05, 3.63) is 35.1 Å². The Morgan fingerprint density at radius 2 is 2.20 bits per heavy atom. The Morgan fingerprint density at radius 3 is 2.80 bits per heavy atom. The molecule has 2 N–H and O–H groups in total. The van der Waals surface area contributed by atoms with Crippen molar-refractivity contribution in [2.45, 2.75) is 32.7 Å². The SMILES string of the molecule is CCCC(N)C(=O)c1cc(C)ccc1F. The molecule has 15 heavy (non-hydrogen) atoms. The third-order valence-electron chi connectivity index (χ3n) is 2.32. The fraction of sp³-hybridized carbons (Fsp3) is 0.417. The van der Waals surface area contributed by atoms with E-state index in [1.165, 1.54) is 6.07 Å². The van der Waals surface area contributed by atoms with E-state index in [0.717, 1.165) is 12.0 Å². The third-order valence-corrected chi connectivity index (χ3v) is 2.32. The highest BCUT2D eigenvalue weighted by Crippen LogP contribution is 2.13. The summed E-state index contributed by atoms with van der Waals surface area (Å²) < 4.78 is 13.3. The highest BCUT2D eigenvalue weighted by molar-refractivity contribution is 6.00. The van der Waals surface area contributed by atoms with Crippen LogP contribution in [-0.4, -0.2) is 11.8 Å². The van der Waals surface area contributed by atoms with Gasteiger partial charge in [-0.15, -0.1) is 0 Å². The average Bonchev–Trinajstić information content (AvgIpc) is 2.21. The van der Waals surface area contributed by atoms with Crippen LogP contribution < -0.4 is 5.73 Å². The molecular weight excluding hydrogens is 193 g/mol. The maximum absolute atomic E-state index is 13.3. The number of benzene rings is 1. The van der Waals surface area contributed by atoms with E-state index in [1.807, 2.05) is 13.8 Å². The van der Waals surface area contributed by atoms with Crippen molar-refractivity contribution in [1.82, 2.24) is 0 Å². The van der Waals surface area contributed by atoms with Crippen LogP contribution in [0, 0.1) is 12.7 Å². The van der Waals surface area contributed by atoms with Gasteiger partial charge in [0.05, 0.1) is 11.6 Å². The predicted molar refractivity (Wildman–Crippen MR) is 58.4 cm³/mol. The summed E-state index contributed by atoms with van der Waals surface area (Å²) in [6.07, 6.45) is 1.41. The van der Waals surface area contributed by atoms with Crippen LogP contribution >= 0.6 is 0 Å². The van der Waals surface area contributed by atoms with Crippen molar-refractivity contribution < 1.29 is 9.18 Å². The number of aryl methyl sites for hydroxylation is 1. The summed E-state index contributed by atoms with van der Waals surface area (Å²) in [7, 11) is 0. The zero-order valence-electron chi connectivity index (χ0n) is 9.09. The average molecular weight is 209 g/mol. The molecule has 1 aromatic rings. The quantitative estimate of drug-likeness (QED) is 0.774. The maximum atomic E-state index is 13.3. The van der Waals surface area contributed by atoms with E-state index in [-0.39, 0.29) is 11.3 Å². The van der Waals surface area contributed by atoms with Crippen LogP contribution in [0.5, 0.6) is 0 Å². The lowest BCUT2D eigenvalue weighted by Gasteiger charge is -2.10. The van der Waals surface area contributed by atoms with Gasteiger partial charge >= 0.3 is 0 Å². The molecule has 1 atom stereocenters. The molecule has 0 radical (unpaired) electrons. The minimum Gasteiger partial charge on any atom is -0.321 e. The summed E-state index contributed by atoms with van der Waals surface area (Å²) in [5, 5.41) is 0. The molecule has 0 amide bonds. The zero-order valence-corrected chi connectivity index (χ0v) is 9.09. The van der Waals surface area contributed by atoms with Gasteiger partial charge in [-0.05, 0) is 25.5 Å². The summed E-state index contributed by atoms with van der Waals surface area (Å²) in [6, 6.07) is 3.90. The molecule has 2 nitrogen and oxygen atoms in total. The molecule has 1 unspecified atom stereocenters. The third kappa shape index (κ3) is 2.86. The molecule has 0 aliphatic carbocycles. The van der Waals surface area contributed by atoms with Crippen molar-refractivity contribution in [2.75, 3.05) is 0 Å². The molecule has 1 aromatic carbocycles. The molecule has 3 heteroatoms. The standard InChI is InChI=1S/C12H16FNO/c1-3-4-11(14)12(15)9-7-8(2)5-6-10(9)13/h5-7,11H,3-4,14H2,1-2H3. The lowest BCUT2D eigenvalue weighted by Crippen LogP contribution is -2.30. The first-order valence-corrected chi connectivity index (χ1v) is 5.12. The molecule has 0 aliphatic rings. The van der Waals surface area contributed by atoms with Crippen molar-refractivity contribution in [3.8, 4) is 0 Å². The van der Waals surface area contributed by atoms with E-state index < -0.39 is 11.9 Å². The number of hydrogen-bond donors (Lipinski definition) is 1. The van der Waals surface area contributed by atoms with Crippen LogP contribution in [0.4, 0.5) is 4.39 Å². The van der Waals surface area contributed by atoms with Gasteiger partial charge in [-0.1, -0.05) is 25.0 Å². The van der Waals surface area contributed by atoms with E-state index in [9.17, 15) is 9.18 Å². The Bertz CT molecular complexity index is 363. The van der Waals surface area contributed by atoms with Gasteiger partial charge in [0.25, 0.3) is 0 Å². The molecular formula is C12H16FNO. The van der Waals surface area contributed by atoms with Crippen LogP contribution in [0.15, 0.2) is 18.2 Å². The van der Waals surface area contributed by atoms with Gasteiger partial charge in [-0.3, -0.25) is 4.79 Å². The number of Topliss-reactive ketones (excluding diaryl/α,β-unsaturated/α-hetero) is 1. The molecule has 0 bridgehead atoms. The monoisotopic (exact) mass is 209 g/mol. The van der Waals surface area contributed by atoms with Gasteiger partial charge in [0.15, 0.2) is 5.78 Å². The molecule has 0 aromatic heterocycles. The van der Waals surface area contributed by atoms with Gasteiger partial charge in [0.2, 0.25) is 0 Å². The molecule has 0 fully saturated rings. The largest absolute Gasteiger partial charge is 0.321 e. The van der Waals surface area contributed by atoms with Gasteiger partial charge in [-0.25, -0.2) is 4.39 Å². The number of ketones is 1. The number of halogens is 1. The van der Waals surface area contributed by atoms with Crippen LogP contribution in [0.25, 0.3) is 0 Å². The Kier molecular flexibility index (Phi) is 3.97. The summed E-state index contributed by atoms with van der Waals surface area (Å²) in [4.78, 5) is 11.7. The molecule has 0 heterocycles.